The van der Waals surface area contributed by atoms with Crippen molar-refractivity contribution in [1.82, 2.24) is 0 Å². The van der Waals surface area contributed by atoms with Gasteiger partial charge in [-0.15, -0.1) is 0 Å². The molecular weight excluding hydrogens is 390 g/mol. The molecule has 0 heterocycles. The van der Waals surface area contributed by atoms with Gasteiger partial charge in [-0.1, -0.05) is 27.5 Å². The van der Waals surface area contributed by atoms with Crippen LogP contribution in [0.5, 0.6) is 5.75 Å². The summed E-state index contributed by atoms with van der Waals surface area (Å²) < 4.78 is 34.1. The Bertz CT molecular complexity index is 793. The molecule has 2 aromatic carbocycles. The minimum Gasteiger partial charge on any atom is -0.492 e. The molecule has 0 amide bonds. The van der Waals surface area contributed by atoms with Gasteiger partial charge in [-0.2, -0.15) is 0 Å². The molecule has 118 valence electrons. The molecule has 0 aliphatic rings. The third-order valence-electron chi connectivity index (χ3n) is 2.93. The van der Waals surface area contributed by atoms with Gasteiger partial charge in [0.05, 0.1) is 12.3 Å². The number of benzene rings is 2. The Morgan fingerprint density at radius 1 is 1.23 bits per heavy atom. The number of hydrogen-bond acceptors (Lipinski definition) is 3. The molecule has 0 aromatic heterocycles. The van der Waals surface area contributed by atoms with E-state index in [1.165, 1.54) is 6.07 Å². The first kappa shape index (κ1) is 17.1. The van der Waals surface area contributed by atoms with Crippen LogP contribution in [0.2, 0.25) is 5.02 Å². The third kappa shape index (κ3) is 3.94. The van der Waals surface area contributed by atoms with Gasteiger partial charge in [-0.05, 0) is 55.8 Å². The van der Waals surface area contributed by atoms with Gasteiger partial charge in [0.2, 0.25) is 0 Å². The van der Waals surface area contributed by atoms with Gasteiger partial charge in [0.25, 0.3) is 10.0 Å². The van der Waals surface area contributed by atoms with Crippen molar-refractivity contribution in [2.75, 3.05) is 11.3 Å². The first-order valence-corrected chi connectivity index (χ1v) is 9.20. The SMILES string of the molecule is CCOc1ccc(Cl)cc1S(=O)(=O)Nc1ccc(Br)cc1C. The number of sulfonamides is 1. The fourth-order valence-electron chi connectivity index (χ4n) is 1.91. The molecule has 0 saturated carbocycles. The average Bonchev–Trinajstić information content (AvgIpc) is 2.44. The predicted molar refractivity (Wildman–Crippen MR) is 92.3 cm³/mol. The Kier molecular flexibility index (Phi) is 5.36. The highest BCUT2D eigenvalue weighted by atomic mass is 79.9. The summed E-state index contributed by atoms with van der Waals surface area (Å²) in [6.07, 6.45) is 0. The van der Waals surface area contributed by atoms with Crippen LogP contribution in [0.15, 0.2) is 45.8 Å². The molecule has 0 radical (unpaired) electrons. The molecule has 0 atom stereocenters. The zero-order valence-corrected chi connectivity index (χ0v) is 15.2. The Morgan fingerprint density at radius 3 is 2.59 bits per heavy atom. The predicted octanol–water partition coefficient (Wildman–Crippen LogP) is 4.61. The fraction of sp³-hybridized carbons (Fsp3) is 0.200. The smallest absolute Gasteiger partial charge is 0.265 e. The number of halogens is 2. The van der Waals surface area contributed by atoms with Crippen LogP contribution in [0, 0.1) is 6.92 Å². The van der Waals surface area contributed by atoms with Crippen molar-refractivity contribution in [3.63, 3.8) is 0 Å². The van der Waals surface area contributed by atoms with Crippen molar-refractivity contribution in [2.24, 2.45) is 0 Å². The lowest BCUT2D eigenvalue weighted by atomic mass is 10.2. The van der Waals surface area contributed by atoms with Crippen molar-refractivity contribution in [3.05, 3.63) is 51.5 Å². The fourth-order valence-corrected chi connectivity index (χ4v) is 3.92. The average molecular weight is 405 g/mol. The van der Waals surface area contributed by atoms with E-state index in [1.807, 2.05) is 13.0 Å². The molecule has 2 rings (SSSR count). The zero-order valence-electron chi connectivity index (χ0n) is 12.1. The van der Waals surface area contributed by atoms with Gasteiger partial charge < -0.3 is 4.74 Å². The van der Waals surface area contributed by atoms with Gasteiger partial charge in [0, 0.05) is 9.50 Å². The Labute approximate surface area is 143 Å². The summed E-state index contributed by atoms with van der Waals surface area (Å²) in [6, 6.07) is 9.82. The Morgan fingerprint density at radius 2 is 1.95 bits per heavy atom. The van der Waals surface area contributed by atoms with Crippen molar-refractivity contribution in [2.45, 2.75) is 18.7 Å². The zero-order chi connectivity index (χ0) is 16.3. The largest absolute Gasteiger partial charge is 0.492 e. The molecule has 0 saturated heterocycles. The summed E-state index contributed by atoms with van der Waals surface area (Å²) >= 11 is 9.27. The normalized spacial score (nSPS) is 11.3. The van der Waals surface area contributed by atoms with Crippen molar-refractivity contribution in [3.8, 4) is 5.75 Å². The first-order chi connectivity index (χ1) is 10.3. The number of nitrogens with one attached hydrogen (secondary N) is 1. The molecule has 2 aromatic rings. The van der Waals surface area contributed by atoms with Crippen LogP contribution in [0.4, 0.5) is 5.69 Å². The lowest BCUT2D eigenvalue weighted by molar-refractivity contribution is 0.331. The van der Waals surface area contributed by atoms with Gasteiger partial charge in [0.15, 0.2) is 0 Å². The highest BCUT2D eigenvalue weighted by molar-refractivity contribution is 9.10. The van der Waals surface area contributed by atoms with E-state index in [0.29, 0.717) is 17.3 Å². The van der Waals surface area contributed by atoms with Crippen LogP contribution in [0.3, 0.4) is 0 Å². The minimum absolute atomic E-state index is 0.0177. The Hall–Kier alpha value is -1.24. The molecule has 0 fully saturated rings. The molecule has 0 aliphatic heterocycles. The van der Waals surface area contributed by atoms with E-state index in [4.69, 9.17) is 16.3 Å². The monoisotopic (exact) mass is 403 g/mol. The second-order valence-electron chi connectivity index (χ2n) is 4.59. The van der Waals surface area contributed by atoms with E-state index in [-0.39, 0.29) is 10.6 Å². The van der Waals surface area contributed by atoms with Crippen LogP contribution < -0.4 is 9.46 Å². The van der Waals surface area contributed by atoms with Gasteiger partial charge in [-0.25, -0.2) is 8.42 Å². The molecule has 4 nitrogen and oxygen atoms in total. The molecule has 0 bridgehead atoms. The number of hydrogen-bond donors (Lipinski definition) is 1. The highest BCUT2D eigenvalue weighted by Gasteiger charge is 2.21. The summed E-state index contributed by atoms with van der Waals surface area (Å²) in [5, 5.41) is 0.330. The summed E-state index contributed by atoms with van der Waals surface area (Å²) in [5.74, 6) is 0.272. The second kappa shape index (κ2) is 6.89. The maximum absolute atomic E-state index is 12.6. The first-order valence-electron chi connectivity index (χ1n) is 6.55. The maximum atomic E-state index is 12.6. The van der Waals surface area contributed by atoms with E-state index in [1.54, 1.807) is 31.2 Å². The summed E-state index contributed by atoms with van der Waals surface area (Å²) in [7, 11) is -3.80. The van der Waals surface area contributed by atoms with E-state index < -0.39 is 10.0 Å². The molecular formula is C15H15BrClNO3S. The van der Waals surface area contributed by atoms with Crippen LogP contribution in [-0.4, -0.2) is 15.0 Å². The Balaban J connectivity index is 2.44. The number of aryl methyl sites for hydroxylation is 1. The van der Waals surface area contributed by atoms with E-state index in [2.05, 4.69) is 20.7 Å². The lowest BCUT2D eigenvalue weighted by Gasteiger charge is -2.14. The summed E-state index contributed by atoms with van der Waals surface area (Å²) in [5.41, 5.74) is 1.31. The van der Waals surface area contributed by atoms with Crippen molar-refractivity contribution < 1.29 is 13.2 Å². The molecule has 1 N–H and O–H groups in total. The van der Waals surface area contributed by atoms with Crippen LogP contribution >= 0.6 is 27.5 Å². The lowest BCUT2D eigenvalue weighted by Crippen LogP contribution is -2.15. The highest BCUT2D eigenvalue weighted by Crippen LogP contribution is 2.30. The molecule has 0 aliphatic carbocycles. The quantitative estimate of drug-likeness (QED) is 0.791. The second-order valence-corrected chi connectivity index (χ2v) is 7.59. The van der Waals surface area contributed by atoms with Crippen LogP contribution in [0.25, 0.3) is 0 Å². The van der Waals surface area contributed by atoms with Crippen molar-refractivity contribution >= 4 is 43.2 Å². The molecule has 0 spiro atoms. The van der Waals surface area contributed by atoms with Crippen LogP contribution in [-0.2, 0) is 10.0 Å². The van der Waals surface area contributed by atoms with Gasteiger partial charge in [0.1, 0.15) is 10.6 Å². The topological polar surface area (TPSA) is 55.4 Å². The minimum atomic E-state index is -3.80. The van der Waals surface area contributed by atoms with Crippen molar-refractivity contribution in [1.29, 1.82) is 0 Å². The number of ether oxygens (including phenoxy) is 1. The maximum Gasteiger partial charge on any atom is 0.265 e. The number of anilines is 1. The van der Waals surface area contributed by atoms with E-state index in [9.17, 15) is 8.42 Å². The molecule has 7 heteroatoms. The van der Waals surface area contributed by atoms with Gasteiger partial charge >= 0.3 is 0 Å². The summed E-state index contributed by atoms with van der Waals surface area (Å²) in [4.78, 5) is 0.0177. The molecule has 22 heavy (non-hydrogen) atoms. The standard InChI is InChI=1S/C15H15BrClNO3S/c1-3-21-14-7-5-12(17)9-15(14)22(19,20)18-13-6-4-11(16)8-10(13)2/h4-9,18H,3H2,1-2H3. The number of rotatable bonds is 5. The third-order valence-corrected chi connectivity index (χ3v) is 5.04. The van der Waals surface area contributed by atoms with Crippen LogP contribution in [0.1, 0.15) is 12.5 Å². The van der Waals surface area contributed by atoms with Gasteiger partial charge in [-0.3, -0.25) is 4.72 Å². The summed E-state index contributed by atoms with van der Waals surface area (Å²) in [6.45, 7) is 3.98. The van der Waals surface area contributed by atoms with E-state index in [0.717, 1.165) is 10.0 Å². The molecule has 0 unspecified atom stereocenters. The van der Waals surface area contributed by atoms with E-state index >= 15 is 0 Å².